The van der Waals surface area contributed by atoms with Crippen LogP contribution in [0.2, 0.25) is 0 Å². The Labute approximate surface area is 167 Å². The van der Waals surface area contributed by atoms with E-state index in [4.69, 9.17) is 5.73 Å². The minimum atomic E-state index is -3.93. The summed E-state index contributed by atoms with van der Waals surface area (Å²) in [5.41, 5.74) is 6.42. The van der Waals surface area contributed by atoms with Crippen LogP contribution in [0.3, 0.4) is 0 Å². The summed E-state index contributed by atoms with van der Waals surface area (Å²) in [5.74, 6) is -1.35. The molecule has 0 saturated heterocycles. The Kier molecular flexibility index (Phi) is 6.22. The number of nitrogens with one attached hydrogen (secondary N) is 1. The third-order valence-corrected chi connectivity index (χ3v) is 5.36. The molecule has 3 N–H and O–H groups in total. The molecule has 0 atom stereocenters. The van der Waals surface area contributed by atoms with E-state index in [9.17, 15) is 28.1 Å². The van der Waals surface area contributed by atoms with Gasteiger partial charge in [0.1, 0.15) is 6.54 Å². The Bertz CT molecular complexity index is 1100. The molecule has 154 valence electrons. The monoisotopic (exact) mass is 420 g/mol. The number of nitrogens with two attached hydrogens (primary N) is 1. The van der Waals surface area contributed by atoms with E-state index in [-0.39, 0.29) is 16.9 Å². The maximum absolute atomic E-state index is 12.5. The third kappa shape index (κ3) is 5.08. The van der Waals surface area contributed by atoms with Crippen molar-refractivity contribution in [2.45, 2.75) is 13.8 Å². The quantitative estimate of drug-likeness (QED) is 0.514. The molecular weight excluding hydrogens is 400 g/mol. The lowest BCUT2D eigenvalue weighted by molar-refractivity contribution is -0.384. The zero-order chi connectivity index (χ0) is 21.9. The van der Waals surface area contributed by atoms with Crippen LogP contribution in [-0.2, 0) is 14.8 Å². The minimum absolute atomic E-state index is 0.0273. The number of rotatable bonds is 7. The van der Waals surface area contributed by atoms with E-state index in [1.165, 1.54) is 24.3 Å². The second-order valence-electron chi connectivity index (χ2n) is 6.39. The van der Waals surface area contributed by atoms with Crippen LogP contribution in [0.1, 0.15) is 21.5 Å². The lowest BCUT2D eigenvalue weighted by atomic mass is 10.1. The Morgan fingerprint density at radius 3 is 2.41 bits per heavy atom. The van der Waals surface area contributed by atoms with Gasteiger partial charge in [-0.2, -0.15) is 0 Å². The van der Waals surface area contributed by atoms with Crippen molar-refractivity contribution < 1.29 is 22.9 Å². The van der Waals surface area contributed by atoms with Gasteiger partial charge in [0, 0.05) is 23.4 Å². The van der Waals surface area contributed by atoms with Crippen molar-refractivity contribution >= 4 is 38.9 Å². The zero-order valence-electron chi connectivity index (χ0n) is 16.0. The molecule has 29 heavy (non-hydrogen) atoms. The summed E-state index contributed by atoms with van der Waals surface area (Å²) in [4.78, 5) is 34.4. The number of sulfonamides is 1. The van der Waals surface area contributed by atoms with E-state index in [0.717, 1.165) is 16.6 Å². The molecule has 0 unspecified atom stereocenters. The number of nitrogens with zero attached hydrogens (tertiary/aromatic N) is 2. The predicted octanol–water partition coefficient (Wildman–Crippen LogP) is 1.72. The highest BCUT2D eigenvalue weighted by Crippen LogP contribution is 2.27. The topological polar surface area (TPSA) is 153 Å². The van der Waals surface area contributed by atoms with Crippen LogP contribution < -0.4 is 15.4 Å². The molecule has 0 heterocycles. The van der Waals surface area contributed by atoms with Crippen LogP contribution in [0.4, 0.5) is 17.1 Å². The van der Waals surface area contributed by atoms with Crippen LogP contribution >= 0.6 is 0 Å². The third-order valence-electron chi connectivity index (χ3n) is 4.23. The van der Waals surface area contributed by atoms with E-state index < -0.39 is 33.3 Å². The van der Waals surface area contributed by atoms with Crippen molar-refractivity contribution in [3.8, 4) is 0 Å². The SMILES string of the molecule is Cc1ccc([N+](=O)[O-])cc1N(CC(=O)Nc1cccc(C(N)=O)c1C)S(C)(=O)=O. The van der Waals surface area contributed by atoms with Gasteiger partial charge >= 0.3 is 0 Å². The summed E-state index contributed by atoms with van der Waals surface area (Å²) >= 11 is 0. The first-order valence-electron chi connectivity index (χ1n) is 8.34. The van der Waals surface area contributed by atoms with Crippen LogP contribution in [0.25, 0.3) is 0 Å². The van der Waals surface area contributed by atoms with Gasteiger partial charge in [-0.3, -0.25) is 24.0 Å². The van der Waals surface area contributed by atoms with Gasteiger partial charge in [0.2, 0.25) is 21.8 Å². The van der Waals surface area contributed by atoms with Crippen LogP contribution in [0.15, 0.2) is 36.4 Å². The molecule has 0 aromatic heterocycles. The fourth-order valence-corrected chi connectivity index (χ4v) is 3.63. The molecule has 2 aromatic rings. The molecule has 10 nitrogen and oxygen atoms in total. The average Bonchev–Trinajstić information content (AvgIpc) is 2.60. The molecule has 0 bridgehead atoms. The molecule has 0 aliphatic heterocycles. The highest BCUT2D eigenvalue weighted by Gasteiger charge is 2.25. The highest BCUT2D eigenvalue weighted by molar-refractivity contribution is 7.92. The van der Waals surface area contributed by atoms with Crippen molar-refractivity contribution in [3.05, 3.63) is 63.2 Å². The number of nitro groups is 1. The first-order valence-corrected chi connectivity index (χ1v) is 10.2. The number of primary amides is 1. The first-order chi connectivity index (χ1) is 13.4. The molecule has 0 fully saturated rings. The van der Waals surface area contributed by atoms with Crippen LogP contribution in [0, 0.1) is 24.0 Å². The van der Waals surface area contributed by atoms with Gasteiger partial charge in [-0.25, -0.2) is 8.42 Å². The number of nitro benzene ring substituents is 1. The summed E-state index contributed by atoms with van der Waals surface area (Å²) < 4.78 is 25.3. The van der Waals surface area contributed by atoms with Crippen molar-refractivity contribution in [1.29, 1.82) is 0 Å². The van der Waals surface area contributed by atoms with Crippen LogP contribution in [-0.4, -0.2) is 38.0 Å². The smallest absolute Gasteiger partial charge is 0.271 e. The van der Waals surface area contributed by atoms with Gasteiger partial charge in [0.25, 0.3) is 5.69 Å². The highest BCUT2D eigenvalue weighted by atomic mass is 32.2. The normalized spacial score (nSPS) is 11.0. The Morgan fingerprint density at radius 1 is 1.21 bits per heavy atom. The second-order valence-corrected chi connectivity index (χ2v) is 8.29. The first kappa shape index (κ1) is 21.8. The molecule has 0 aliphatic carbocycles. The standard InChI is InChI=1S/C18H20N4O6S/c1-11-7-8-13(22(25)26)9-16(11)21(29(3,27)28)10-17(23)20-15-6-4-5-14(12(15)2)18(19)24/h4-9H,10H2,1-3H3,(H2,19,24)(H,20,23). The van der Waals surface area contributed by atoms with Crippen molar-refractivity contribution in [1.82, 2.24) is 0 Å². The number of non-ortho nitro benzene ring substituents is 1. The molecular formula is C18H20N4O6S. The van der Waals surface area contributed by atoms with Gasteiger partial charge in [-0.05, 0) is 37.1 Å². The van der Waals surface area contributed by atoms with E-state index in [1.807, 2.05) is 0 Å². The molecule has 2 aromatic carbocycles. The number of anilines is 2. The molecule has 2 rings (SSSR count). The average molecular weight is 420 g/mol. The maximum atomic E-state index is 12.5. The van der Waals surface area contributed by atoms with Crippen molar-refractivity contribution in [2.75, 3.05) is 22.4 Å². The summed E-state index contributed by atoms with van der Waals surface area (Å²) in [7, 11) is -3.93. The number of carbonyl (C=O) groups is 2. The van der Waals surface area contributed by atoms with Crippen molar-refractivity contribution in [3.63, 3.8) is 0 Å². The Balaban J connectivity index is 2.37. The van der Waals surface area contributed by atoms with E-state index >= 15 is 0 Å². The lowest BCUT2D eigenvalue weighted by Gasteiger charge is -2.23. The van der Waals surface area contributed by atoms with Gasteiger partial charge < -0.3 is 11.1 Å². The van der Waals surface area contributed by atoms with Gasteiger partial charge in [0.15, 0.2) is 0 Å². The number of hydrogen-bond donors (Lipinski definition) is 2. The maximum Gasteiger partial charge on any atom is 0.271 e. The van der Waals surface area contributed by atoms with E-state index in [2.05, 4.69) is 5.32 Å². The number of hydrogen-bond acceptors (Lipinski definition) is 6. The summed E-state index contributed by atoms with van der Waals surface area (Å²) in [5, 5.41) is 13.6. The summed E-state index contributed by atoms with van der Waals surface area (Å²) in [6.45, 7) is 2.56. The molecule has 0 spiro atoms. The Hall–Kier alpha value is -3.47. The molecule has 11 heteroatoms. The fraction of sp³-hybridized carbons (Fsp3) is 0.222. The number of aryl methyl sites for hydroxylation is 1. The van der Waals surface area contributed by atoms with E-state index in [0.29, 0.717) is 16.8 Å². The zero-order valence-corrected chi connectivity index (χ0v) is 16.8. The Morgan fingerprint density at radius 2 is 1.86 bits per heavy atom. The largest absolute Gasteiger partial charge is 0.366 e. The molecule has 2 amide bonds. The van der Waals surface area contributed by atoms with Crippen LogP contribution in [0.5, 0.6) is 0 Å². The lowest BCUT2D eigenvalue weighted by Crippen LogP contribution is -2.38. The fourth-order valence-electron chi connectivity index (χ4n) is 2.72. The number of amides is 2. The predicted molar refractivity (Wildman–Crippen MR) is 108 cm³/mol. The second kappa shape index (κ2) is 8.27. The summed E-state index contributed by atoms with van der Waals surface area (Å²) in [6, 6.07) is 8.33. The van der Waals surface area contributed by atoms with E-state index in [1.54, 1.807) is 19.9 Å². The molecule has 0 radical (unpaired) electrons. The summed E-state index contributed by atoms with van der Waals surface area (Å²) in [6.07, 6.45) is 0.900. The molecule has 0 saturated carbocycles. The number of carbonyl (C=O) groups excluding carboxylic acids is 2. The molecule has 0 aliphatic rings. The number of benzene rings is 2. The van der Waals surface area contributed by atoms with Gasteiger partial charge in [0.05, 0.1) is 16.9 Å². The van der Waals surface area contributed by atoms with Gasteiger partial charge in [-0.15, -0.1) is 0 Å². The van der Waals surface area contributed by atoms with Crippen molar-refractivity contribution in [2.24, 2.45) is 5.73 Å². The van der Waals surface area contributed by atoms with Gasteiger partial charge in [-0.1, -0.05) is 12.1 Å². The minimum Gasteiger partial charge on any atom is -0.366 e.